The zero-order valence-corrected chi connectivity index (χ0v) is 15.8. The summed E-state index contributed by atoms with van der Waals surface area (Å²) in [4.78, 5) is 25.2. The van der Waals surface area contributed by atoms with Crippen LogP contribution in [0, 0.1) is 0 Å². The SMILES string of the molecule is CCCCNC(=O)C1(NC(=O)/C=C/c2ccccc2OC)CCCCC1. The molecule has 5 nitrogen and oxygen atoms in total. The normalized spacial score (nSPS) is 16.2. The van der Waals surface area contributed by atoms with E-state index in [2.05, 4.69) is 17.6 Å². The average Bonchev–Trinajstić information content (AvgIpc) is 2.67. The molecule has 2 N–H and O–H groups in total. The van der Waals surface area contributed by atoms with Crippen molar-refractivity contribution in [2.45, 2.75) is 57.4 Å². The second kappa shape index (κ2) is 10.00. The first-order valence-corrected chi connectivity index (χ1v) is 9.53. The number of para-hydroxylation sites is 1. The van der Waals surface area contributed by atoms with Crippen molar-refractivity contribution in [2.24, 2.45) is 0 Å². The fourth-order valence-corrected chi connectivity index (χ4v) is 3.36. The Kier molecular flexibility index (Phi) is 7.70. The van der Waals surface area contributed by atoms with Crippen LogP contribution in [-0.2, 0) is 9.59 Å². The minimum atomic E-state index is -0.784. The maximum atomic E-state index is 12.7. The second-order valence-electron chi connectivity index (χ2n) is 6.82. The molecule has 5 heteroatoms. The molecule has 1 aromatic carbocycles. The van der Waals surface area contributed by atoms with Crippen LogP contribution in [0.5, 0.6) is 5.75 Å². The molecule has 0 saturated heterocycles. The van der Waals surface area contributed by atoms with Crippen LogP contribution in [0.3, 0.4) is 0 Å². The van der Waals surface area contributed by atoms with Crippen LogP contribution in [0.1, 0.15) is 57.4 Å². The molecule has 26 heavy (non-hydrogen) atoms. The lowest BCUT2D eigenvalue weighted by molar-refractivity contribution is -0.133. The predicted octanol–water partition coefficient (Wildman–Crippen LogP) is 3.44. The number of amides is 2. The zero-order chi connectivity index (χ0) is 18.8. The second-order valence-corrected chi connectivity index (χ2v) is 6.82. The van der Waals surface area contributed by atoms with Gasteiger partial charge in [0.15, 0.2) is 0 Å². The van der Waals surface area contributed by atoms with Crippen LogP contribution >= 0.6 is 0 Å². The minimum Gasteiger partial charge on any atom is -0.496 e. The average molecular weight is 358 g/mol. The van der Waals surface area contributed by atoms with Crippen molar-refractivity contribution in [2.75, 3.05) is 13.7 Å². The first kappa shape index (κ1) is 20.0. The van der Waals surface area contributed by atoms with Crippen LogP contribution in [0.15, 0.2) is 30.3 Å². The highest BCUT2D eigenvalue weighted by Crippen LogP contribution is 2.28. The molecule has 0 aliphatic heterocycles. The number of hydrogen-bond acceptors (Lipinski definition) is 3. The van der Waals surface area contributed by atoms with Crippen LogP contribution in [0.4, 0.5) is 0 Å². The Morgan fingerprint density at radius 1 is 1.19 bits per heavy atom. The molecule has 0 spiro atoms. The van der Waals surface area contributed by atoms with Gasteiger partial charge in [0.05, 0.1) is 7.11 Å². The van der Waals surface area contributed by atoms with Gasteiger partial charge in [-0.25, -0.2) is 0 Å². The van der Waals surface area contributed by atoms with E-state index in [1.807, 2.05) is 24.3 Å². The lowest BCUT2D eigenvalue weighted by atomic mass is 9.80. The van der Waals surface area contributed by atoms with Gasteiger partial charge in [0.2, 0.25) is 11.8 Å². The maximum Gasteiger partial charge on any atom is 0.245 e. The van der Waals surface area contributed by atoms with E-state index in [9.17, 15) is 9.59 Å². The molecule has 1 fully saturated rings. The van der Waals surface area contributed by atoms with Gasteiger partial charge in [-0.15, -0.1) is 0 Å². The number of rotatable bonds is 8. The Hall–Kier alpha value is -2.30. The summed E-state index contributed by atoms with van der Waals surface area (Å²) in [5, 5.41) is 5.98. The Labute approximate surface area is 156 Å². The Morgan fingerprint density at radius 3 is 2.62 bits per heavy atom. The summed E-state index contributed by atoms with van der Waals surface area (Å²) in [7, 11) is 1.60. The van der Waals surface area contributed by atoms with Gasteiger partial charge in [0.1, 0.15) is 11.3 Å². The van der Waals surface area contributed by atoms with Crippen LogP contribution < -0.4 is 15.4 Å². The van der Waals surface area contributed by atoms with E-state index < -0.39 is 5.54 Å². The van der Waals surface area contributed by atoms with Gasteiger partial charge in [-0.05, 0) is 31.4 Å². The minimum absolute atomic E-state index is 0.0512. The van der Waals surface area contributed by atoms with E-state index in [0.29, 0.717) is 25.1 Å². The number of methoxy groups -OCH3 is 1. The van der Waals surface area contributed by atoms with Crippen LogP contribution in [0.25, 0.3) is 6.08 Å². The van der Waals surface area contributed by atoms with E-state index in [-0.39, 0.29) is 11.8 Å². The molecule has 142 valence electrons. The first-order valence-electron chi connectivity index (χ1n) is 9.53. The van der Waals surface area contributed by atoms with Gasteiger partial charge in [-0.2, -0.15) is 0 Å². The van der Waals surface area contributed by atoms with Crippen molar-refractivity contribution in [1.29, 1.82) is 0 Å². The summed E-state index contributed by atoms with van der Waals surface area (Å²) in [6.45, 7) is 2.75. The summed E-state index contributed by atoms with van der Waals surface area (Å²) >= 11 is 0. The third-order valence-corrected chi connectivity index (χ3v) is 4.87. The lowest BCUT2D eigenvalue weighted by Gasteiger charge is -2.36. The summed E-state index contributed by atoms with van der Waals surface area (Å²) in [6.07, 6.45) is 9.59. The summed E-state index contributed by atoms with van der Waals surface area (Å²) in [5.74, 6) is 0.411. The van der Waals surface area contributed by atoms with Gasteiger partial charge >= 0.3 is 0 Å². The van der Waals surface area contributed by atoms with Gasteiger partial charge in [0, 0.05) is 18.2 Å². The molecule has 0 heterocycles. The van der Waals surface area contributed by atoms with E-state index in [1.54, 1.807) is 13.2 Å². The standard InChI is InChI=1S/C21H30N2O3/c1-3-4-16-22-20(25)21(14-8-5-9-15-21)23-19(24)13-12-17-10-6-7-11-18(17)26-2/h6-7,10-13H,3-5,8-9,14-16H2,1-2H3,(H,22,25)(H,23,24)/b13-12+. The molecule has 1 aromatic rings. The molecule has 0 aromatic heterocycles. The highest BCUT2D eigenvalue weighted by atomic mass is 16.5. The van der Waals surface area contributed by atoms with Gasteiger partial charge in [0.25, 0.3) is 0 Å². The Bertz CT molecular complexity index is 634. The van der Waals surface area contributed by atoms with Crippen LogP contribution in [0.2, 0.25) is 0 Å². The number of nitrogens with one attached hydrogen (secondary N) is 2. The van der Waals surface area contributed by atoms with Gasteiger partial charge in [-0.1, -0.05) is 50.8 Å². The van der Waals surface area contributed by atoms with Crippen molar-refractivity contribution in [3.8, 4) is 5.75 Å². The molecule has 0 radical (unpaired) electrons. The molecule has 2 amide bonds. The van der Waals surface area contributed by atoms with Gasteiger partial charge < -0.3 is 15.4 Å². The summed E-state index contributed by atoms with van der Waals surface area (Å²) < 4.78 is 5.29. The summed E-state index contributed by atoms with van der Waals surface area (Å²) in [5.41, 5.74) is 0.0454. The van der Waals surface area contributed by atoms with E-state index in [1.165, 1.54) is 6.08 Å². The van der Waals surface area contributed by atoms with Crippen molar-refractivity contribution < 1.29 is 14.3 Å². The number of benzene rings is 1. The lowest BCUT2D eigenvalue weighted by Crippen LogP contribution is -2.59. The van der Waals surface area contributed by atoms with Crippen molar-refractivity contribution in [1.82, 2.24) is 10.6 Å². The van der Waals surface area contributed by atoms with Crippen molar-refractivity contribution in [3.63, 3.8) is 0 Å². The van der Waals surface area contributed by atoms with Crippen molar-refractivity contribution >= 4 is 17.9 Å². The summed E-state index contributed by atoms with van der Waals surface area (Å²) in [6, 6.07) is 7.51. The number of carbonyl (C=O) groups excluding carboxylic acids is 2. The molecule has 1 aliphatic rings. The highest BCUT2D eigenvalue weighted by molar-refractivity contribution is 5.97. The molecule has 0 atom stereocenters. The molecular formula is C21H30N2O3. The number of ether oxygens (including phenoxy) is 1. The fraction of sp³-hybridized carbons (Fsp3) is 0.524. The van der Waals surface area contributed by atoms with E-state index in [4.69, 9.17) is 4.74 Å². The fourth-order valence-electron chi connectivity index (χ4n) is 3.36. The van der Waals surface area contributed by atoms with Gasteiger partial charge in [-0.3, -0.25) is 9.59 Å². The van der Waals surface area contributed by atoms with E-state index in [0.717, 1.165) is 37.7 Å². The first-order chi connectivity index (χ1) is 12.6. The zero-order valence-electron chi connectivity index (χ0n) is 15.8. The number of unbranched alkanes of at least 4 members (excludes halogenated alkanes) is 1. The smallest absolute Gasteiger partial charge is 0.245 e. The number of hydrogen-bond donors (Lipinski definition) is 2. The maximum absolute atomic E-state index is 12.7. The molecule has 1 aliphatic carbocycles. The highest BCUT2D eigenvalue weighted by Gasteiger charge is 2.40. The number of carbonyl (C=O) groups is 2. The molecule has 1 saturated carbocycles. The molecule has 0 bridgehead atoms. The molecule has 0 unspecified atom stereocenters. The Morgan fingerprint density at radius 2 is 1.92 bits per heavy atom. The molecule has 2 rings (SSSR count). The predicted molar refractivity (Wildman–Crippen MR) is 104 cm³/mol. The quantitative estimate of drug-likeness (QED) is 0.552. The van der Waals surface area contributed by atoms with E-state index >= 15 is 0 Å². The molecular weight excluding hydrogens is 328 g/mol. The topological polar surface area (TPSA) is 67.4 Å². The monoisotopic (exact) mass is 358 g/mol. The van der Waals surface area contributed by atoms with Crippen LogP contribution in [-0.4, -0.2) is 31.0 Å². The Balaban J connectivity index is 2.06. The third kappa shape index (κ3) is 5.35. The largest absolute Gasteiger partial charge is 0.496 e. The third-order valence-electron chi connectivity index (χ3n) is 4.87. The van der Waals surface area contributed by atoms with Crippen molar-refractivity contribution in [3.05, 3.63) is 35.9 Å².